The van der Waals surface area contributed by atoms with Gasteiger partial charge in [0.2, 0.25) is 5.91 Å². The molecule has 1 heterocycles. The first kappa shape index (κ1) is 22.8. The number of halogens is 2. The second-order valence-corrected chi connectivity index (χ2v) is 7.71. The summed E-state index contributed by atoms with van der Waals surface area (Å²) < 4.78 is 31.1. The molecule has 8 heteroatoms. The largest absolute Gasteiger partial charge is 0.505 e. The summed E-state index contributed by atoms with van der Waals surface area (Å²) in [7, 11) is 1.18. The third-order valence-corrected chi connectivity index (χ3v) is 5.28. The predicted molar refractivity (Wildman–Crippen MR) is 123 cm³/mol. The summed E-state index contributed by atoms with van der Waals surface area (Å²) in [6, 6.07) is 14.6. The number of ether oxygens (including phenoxy) is 1. The second-order valence-electron chi connectivity index (χ2n) is 7.71. The SMILES string of the molecule is COC(=O)c1cc(NC(=O)Cc2ccc(F)cc2)c2cc(Cc3ccc(F)cc3)cnc2c1O. The second kappa shape index (κ2) is 9.66. The molecule has 1 aromatic heterocycles. The Bertz CT molecular complexity index is 1370. The topological polar surface area (TPSA) is 88.5 Å². The molecule has 4 aromatic rings. The quantitative estimate of drug-likeness (QED) is 0.318. The van der Waals surface area contributed by atoms with Crippen molar-refractivity contribution in [3.8, 4) is 5.75 Å². The van der Waals surface area contributed by atoms with Gasteiger partial charge in [-0.2, -0.15) is 0 Å². The minimum absolute atomic E-state index is 0.0289. The lowest BCUT2D eigenvalue weighted by Gasteiger charge is -2.14. The number of fused-ring (bicyclic) bond motifs is 1. The summed E-state index contributed by atoms with van der Waals surface area (Å²) in [4.78, 5) is 29.2. The van der Waals surface area contributed by atoms with Gasteiger partial charge in [-0.15, -0.1) is 0 Å². The van der Waals surface area contributed by atoms with Gasteiger partial charge in [-0.05, 0) is 59.5 Å². The van der Waals surface area contributed by atoms with Crippen LogP contribution in [0.25, 0.3) is 10.9 Å². The summed E-state index contributed by atoms with van der Waals surface area (Å²) in [5.41, 5.74) is 2.42. The minimum atomic E-state index is -0.786. The van der Waals surface area contributed by atoms with Crippen LogP contribution < -0.4 is 5.32 Å². The maximum Gasteiger partial charge on any atom is 0.341 e. The Balaban J connectivity index is 1.72. The molecule has 0 spiro atoms. The molecule has 34 heavy (non-hydrogen) atoms. The van der Waals surface area contributed by atoms with Crippen LogP contribution in [0.3, 0.4) is 0 Å². The van der Waals surface area contributed by atoms with Crippen LogP contribution >= 0.6 is 0 Å². The number of benzene rings is 3. The highest BCUT2D eigenvalue weighted by molar-refractivity contribution is 6.08. The number of rotatable bonds is 6. The molecule has 0 aliphatic rings. The number of hydrogen-bond acceptors (Lipinski definition) is 5. The standard InChI is InChI=1S/C26H20F2N2O4/c1-34-26(33)21-13-22(30-23(31)12-16-4-8-19(28)9-5-16)20-11-17(14-29-24(20)25(21)32)10-15-2-6-18(27)7-3-15/h2-9,11,13-14,32H,10,12H2,1H3,(H,30,31). The summed E-state index contributed by atoms with van der Waals surface area (Å²) in [6.45, 7) is 0. The molecule has 0 unspecified atom stereocenters. The van der Waals surface area contributed by atoms with E-state index >= 15 is 0 Å². The molecule has 6 nitrogen and oxygen atoms in total. The minimum Gasteiger partial charge on any atom is -0.505 e. The van der Waals surface area contributed by atoms with E-state index in [1.807, 2.05) is 0 Å². The van der Waals surface area contributed by atoms with Gasteiger partial charge in [-0.3, -0.25) is 9.78 Å². The smallest absolute Gasteiger partial charge is 0.341 e. The Morgan fingerprint density at radius 3 is 2.18 bits per heavy atom. The molecule has 0 saturated heterocycles. The zero-order valence-electron chi connectivity index (χ0n) is 18.1. The molecule has 0 radical (unpaired) electrons. The van der Waals surface area contributed by atoms with Crippen LogP contribution in [0.1, 0.15) is 27.0 Å². The fourth-order valence-electron chi connectivity index (χ4n) is 3.61. The van der Waals surface area contributed by atoms with Crippen LogP contribution in [0.2, 0.25) is 0 Å². The average Bonchev–Trinajstić information content (AvgIpc) is 2.83. The van der Waals surface area contributed by atoms with E-state index in [4.69, 9.17) is 4.74 Å². The maximum absolute atomic E-state index is 13.2. The highest BCUT2D eigenvalue weighted by Gasteiger charge is 2.20. The van der Waals surface area contributed by atoms with Crippen molar-refractivity contribution in [2.45, 2.75) is 12.8 Å². The number of carbonyl (C=O) groups excluding carboxylic acids is 2. The van der Waals surface area contributed by atoms with Gasteiger partial charge >= 0.3 is 5.97 Å². The van der Waals surface area contributed by atoms with Crippen LogP contribution in [-0.4, -0.2) is 29.1 Å². The number of esters is 1. The van der Waals surface area contributed by atoms with E-state index in [9.17, 15) is 23.5 Å². The number of nitrogens with zero attached hydrogens (tertiary/aromatic N) is 1. The zero-order chi connectivity index (χ0) is 24.2. The van der Waals surface area contributed by atoms with Crippen LogP contribution in [0.4, 0.5) is 14.5 Å². The third-order valence-electron chi connectivity index (χ3n) is 5.28. The van der Waals surface area contributed by atoms with Crippen LogP contribution in [0.5, 0.6) is 5.75 Å². The van der Waals surface area contributed by atoms with Gasteiger partial charge in [0.05, 0.1) is 19.2 Å². The van der Waals surface area contributed by atoms with Gasteiger partial charge in [0.1, 0.15) is 22.7 Å². The molecule has 2 N–H and O–H groups in total. The van der Waals surface area contributed by atoms with Crippen molar-refractivity contribution >= 4 is 28.5 Å². The molecule has 0 aliphatic carbocycles. The number of amides is 1. The summed E-state index contributed by atoms with van der Waals surface area (Å²) in [6.07, 6.45) is 1.95. The van der Waals surface area contributed by atoms with E-state index in [1.54, 1.807) is 18.2 Å². The molecule has 0 bridgehead atoms. The Kier molecular flexibility index (Phi) is 6.49. The number of anilines is 1. The highest BCUT2D eigenvalue weighted by atomic mass is 19.1. The molecule has 0 atom stereocenters. The highest BCUT2D eigenvalue weighted by Crippen LogP contribution is 2.35. The fraction of sp³-hybridized carbons (Fsp3) is 0.115. The number of carbonyl (C=O) groups is 2. The van der Waals surface area contributed by atoms with E-state index < -0.39 is 17.7 Å². The Hall–Kier alpha value is -4.33. The van der Waals surface area contributed by atoms with Crippen LogP contribution in [0, 0.1) is 11.6 Å². The summed E-state index contributed by atoms with van der Waals surface area (Å²) >= 11 is 0. The number of phenols is 1. The van der Waals surface area contributed by atoms with Gasteiger partial charge in [-0.25, -0.2) is 13.6 Å². The van der Waals surface area contributed by atoms with Crippen molar-refractivity contribution in [1.29, 1.82) is 0 Å². The van der Waals surface area contributed by atoms with Gasteiger partial charge in [0.15, 0.2) is 5.75 Å². The molecule has 1 amide bonds. The number of phenolic OH excluding ortho intramolecular Hbond substituents is 1. The van der Waals surface area contributed by atoms with Crippen LogP contribution in [0.15, 0.2) is 66.9 Å². The van der Waals surface area contributed by atoms with Gasteiger partial charge in [0.25, 0.3) is 0 Å². The van der Waals surface area contributed by atoms with Crippen molar-refractivity contribution in [3.05, 3.63) is 101 Å². The fourth-order valence-corrected chi connectivity index (χ4v) is 3.61. The van der Waals surface area contributed by atoms with Crippen molar-refractivity contribution in [1.82, 2.24) is 4.98 Å². The molecule has 0 aliphatic heterocycles. The molecule has 0 fully saturated rings. The summed E-state index contributed by atoms with van der Waals surface area (Å²) in [5, 5.41) is 13.8. The van der Waals surface area contributed by atoms with Gasteiger partial charge < -0.3 is 15.2 Å². The number of methoxy groups -OCH3 is 1. The molecule has 0 saturated carbocycles. The predicted octanol–water partition coefficient (Wildman–Crippen LogP) is 4.78. The first-order chi connectivity index (χ1) is 16.3. The molecule has 3 aromatic carbocycles. The van der Waals surface area contributed by atoms with E-state index in [0.717, 1.165) is 11.1 Å². The molecular formula is C26H20F2N2O4. The zero-order valence-corrected chi connectivity index (χ0v) is 18.1. The number of pyridine rings is 1. The van der Waals surface area contributed by atoms with Gasteiger partial charge in [-0.1, -0.05) is 24.3 Å². The maximum atomic E-state index is 13.2. The third kappa shape index (κ3) is 5.01. The van der Waals surface area contributed by atoms with Crippen molar-refractivity contribution < 1.29 is 28.2 Å². The normalized spacial score (nSPS) is 10.8. The first-order valence-electron chi connectivity index (χ1n) is 10.4. The number of hydrogen-bond donors (Lipinski definition) is 2. The van der Waals surface area contributed by atoms with Crippen molar-refractivity contribution in [2.24, 2.45) is 0 Å². The average molecular weight is 462 g/mol. The van der Waals surface area contributed by atoms with E-state index in [1.165, 1.54) is 55.8 Å². The number of aromatic nitrogens is 1. The first-order valence-corrected chi connectivity index (χ1v) is 10.4. The van der Waals surface area contributed by atoms with E-state index in [-0.39, 0.29) is 34.8 Å². The van der Waals surface area contributed by atoms with Crippen molar-refractivity contribution in [3.63, 3.8) is 0 Å². The monoisotopic (exact) mass is 462 g/mol. The lowest BCUT2D eigenvalue weighted by molar-refractivity contribution is -0.115. The summed E-state index contributed by atoms with van der Waals surface area (Å²) in [5.74, 6) is -2.31. The molecule has 172 valence electrons. The van der Waals surface area contributed by atoms with E-state index in [2.05, 4.69) is 10.3 Å². The van der Waals surface area contributed by atoms with Crippen LogP contribution in [-0.2, 0) is 22.4 Å². The van der Waals surface area contributed by atoms with Gasteiger partial charge in [0, 0.05) is 11.6 Å². The number of aromatic hydroxyl groups is 1. The number of nitrogens with one attached hydrogen (secondary N) is 1. The molecule has 4 rings (SSSR count). The molecular weight excluding hydrogens is 442 g/mol. The Labute approximate surface area is 193 Å². The Morgan fingerprint density at radius 1 is 0.941 bits per heavy atom. The lowest BCUT2D eigenvalue weighted by atomic mass is 10.0. The lowest BCUT2D eigenvalue weighted by Crippen LogP contribution is -2.15. The van der Waals surface area contributed by atoms with Crippen molar-refractivity contribution in [2.75, 3.05) is 12.4 Å². The Morgan fingerprint density at radius 2 is 1.56 bits per heavy atom. The van der Waals surface area contributed by atoms with E-state index in [0.29, 0.717) is 17.4 Å².